The first-order valence-corrected chi connectivity index (χ1v) is 21.9. The van der Waals surface area contributed by atoms with Crippen molar-refractivity contribution >= 4 is 11.9 Å². The van der Waals surface area contributed by atoms with Gasteiger partial charge in [-0.25, -0.2) is 4.79 Å². The minimum Gasteiger partial charge on any atom is -0.509 e. The van der Waals surface area contributed by atoms with Gasteiger partial charge in [0, 0.05) is 61.7 Å². The third-order valence-electron chi connectivity index (χ3n) is 16.2. The molecule has 2 spiro atoms. The number of hydrogen-bond acceptors (Lipinski definition) is 8. The van der Waals surface area contributed by atoms with Gasteiger partial charge < -0.3 is 25.2 Å². The van der Waals surface area contributed by atoms with Gasteiger partial charge in [0.25, 0.3) is 0 Å². The third kappa shape index (κ3) is 4.68. The minimum absolute atomic E-state index is 0.186. The molecule has 1 aromatic carbocycles. The molecule has 10 atom stereocenters. The number of aliphatic hydroxyl groups is 1. The van der Waals surface area contributed by atoms with E-state index in [4.69, 9.17) is 15.2 Å². The van der Waals surface area contributed by atoms with E-state index >= 15 is 4.79 Å². The maximum Gasteiger partial charge on any atom is 0.339 e. The number of carbonyl (C=O) groups excluding carboxylic acids is 2. The number of aryl methyl sites for hydroxylation is 1. The van der Waals surface area contributed by atoms with E-state index in [0.29, 0.717) is 67.2 Å². The molecule has 8 bridgehead atoms. The quantitative estimate of drug-likeness (QED) is 0.224. The highest BCUT2D eigenvalue weighted by molar-refractivity contribution is 5.99. The van der Waals surface area contributed by atoms with Crippen LogP contribution in [0.1, 0.15) is 125 Å². The maximum atomic E-state index is 15.1. The lowest BCUT2D eigenvalue weighted by Crippen LogP contribution is -2.75. The normalized spacial score (nSPS) is 42.4. The molecule has 1 aromatic rings. The van der Waals surface area contributed by atoms with Gasteiger partial charge in [-0.15, -0.1) is 0 Å². The first-order valence-electron chi connectivity index (χ1n) is 21.9. The number of ether oxygens (including phenoxy) is 2. The molecule has 4 aliphatic carbocycles. The number of esters is 2. The van der Waals surface area contributed by atoms with E-state index in [-0.39, 0.29) is 35.6 Å². The molecule has 13 rings (SSSR count). The lowest BCUT2D eigenvalue weighted by atomic mass is 9.31. The molecule has 0 amide bonds. The second-order valence-corrected chi connectivity index (χ2v) is 19.1. The molecule has 8 aliphatic heterocycles. The van der Waals surface area contributed by atoms with Gasteiger partial charge in [-0.1, -0.05) is 75.5 Å². The third-order valence-corrected chi connectivity index (χ3v) is 16.2. The monoisotopic (exact) mass is 735 g/mol. The van der Waals surface area contributed by atoms with Crippen molar-refractivity contribution in [1.82, 2.24) is 9.80 Å². The Hall–Kier alpha value is -3.10. The number of piperidine rings is 2. The van der Waals surface area contributed by atoms with Crippen LogP contribution in [0.2, 0.25) is 0 Å². The van der Waals surface area contributed by atoms with Crippen molar-refractivity contribution < 1.29 is 24.2 Å². The molecule has 2 saturated carbocycles. The Kier molecular flexibility index (Phi) is 8.49. The highest BCUT2D eigenvalue weighted by atomic mass is 16.6. The van der Waals surface area contributed by atoms with Crippen molar-refractivity contribution in [3.63, 3.8) is 0 Å². The summed E-state index contributed by atoms with van der Waals surface area (Å²) in [6, 6.07) is 6.36. The largest absolute Gasteiger partial charge is 0.509 e. The number of allylic oxidation sites excluding steroid dienone is 2. The van der Waals surface area contributed by atoms with Crippen LogP contribution < -0.4 is 5.73 Å². The van der Waals surface area contributed by atoms with Crippen molar-refractivity contribution in [2.24, 2.45) is 52.1 Å². The number of nitrogens with zero attached hydrogens (tertiary/aromatic N) is 2. The Labute approximate surface area is 321 Å². The zero-order valence-corrected chi connectivity index (χ0v) is 32.6. The molecule has 290 valence electrons. The number of fused-ring (bicyclic) bond motifs is 2. The van der Waals surface area contributed by atoms with Gasteiger partial charge in [0.1, 0.15) is 11.2 Å². The summed E-state index contributed by atoms with van der Waals surface area (Å²) in [7, 11) is 0. The van der Waals surface area contributed by atoms with Gasteiger partial charge >= 0.3 is 11.9 Å². The number of nitrogens with two attached hydrogens (primary N) is 1. The molecular formula is C46H61N3O5. The number of aliphatic hydroxyl groups excluding tert-OH is 1. The van der Waals surface area contributed by atoms with Gasteiger partial charge in [0.2, 0.25) is 0 Å². The van der Waals surface area contributed by atoms with Crippen LogP contribution in [0.4, 0.5) is 0 Å². The number of rotatable bonds is 6. The molecule has 3 saturated heterocycles. The van der Waals surface area contributed by atoms with Crippen LogP contribution in [0.25, 0.3) is 0 Å². The smallest absolute Gasteiger partial charge is 0.339 e. The van der Waals surface area contributed by atoms with Gasteiger partial charge in [0.05, 0.1) is 11.0 Å². The highest BCUT2D eigenvalue weighted by Gasteiger charge is 2.91. The molecule has 12 aliphatic rings. The summed E-state index contributed by atoms with van der Waals surface area (Å²) in [6.07, 6.45) is 19.4. The van der Waals surface area contributed by atoms with Gasteiger partial charge in [-0.2, -0.15) is 0 Å². The van der Waals surface area contributed by atoms with Crippen LogP contribution in [0.5, 0.6) is 0 Å². The lowest BCUT2D eigenvalue weighted by molar-refractivity contribution is -0.272. The second-order valence-electron chi connectivity index (χ2n) is 19.1. The molecular weight excluding hydrogens is 675 g/mol. The Morgan fingerprint density at radius 3 is 2.59 bits per heavy atom. The molecule has 0 aromatic heterocycles. The molecule has 3 N–H and O–H groups in total. The molecule has 8 heteroatoms. The minimum atomic E-state index is -1.10. The molecule has 8 heterocycles. The zero-order chi connectivity index (χ0) is 37.0. The van der Waals surface area contributed by atoms with E-state index in [1.807, 2.05) is 6.07 Å². The van der Waals surface area contributed by atoms with E-state index in [1.165, 1.54) is 49.8 Å². The van der Waals surface area contributed by atoms with Crippen LogP contribution in [-0.4, -0.2) is 65.6 Å². The van der Waals surface area contributed by atoms with E-state index in [2.05, 4.69) is 47.9 Å². The zero-order valence-electron chi connectivity index (χ0n) is 32.6. The fourth-order valence-electron chi connectivity index (χ4n) is 14.3. The first kappa shape index (κ1) is 35.3. The summed E-state index contributed by atoms with van der Waals surface area (Å²) in [5.74, 6) is 2.29. The molecule has 0 radical (unpaired) electrons. The summed E-state index contributed by atoms with van der Waals surface area (Å²) in [4.78, 5) is 35.1. The van der Waals surface area contributed by atoms with Crippen molar-refractivity contribution in [1.29, 1.82) is 0 Å². The van der Waals surface area contributed by atoms with Crippen LogP contribution >= 0.6 is 0 Å². The van der Waals surface area contributed by atoms with Gasteiger partial charge in [-0.3, -0.25) is 9.69 Å². The number of carbonyl (C=O) groups is 2. The summed E-state index contributed by atoms with van der Waals surface area (Å²) in [5, 5.41) is 12.8. The molecule has 54 heavy (non-hydrogen) atoms. The van der Waals surface area contributed by atoms with Crippen molar-refractivity contribution in [2.45, 2.75) is 122 Å². The topological polar surface area (TPSA) is 105 Å². The van der Waals surface area contributed by atoms with Crippen LogP contribution in [0, 0.1) is 46.3 Å². The summed E-state index contributed by atoms with van der Waals surface area (Å²) >= 11 is 0. The van der Waals surface area contributed by atoms with Gasteiger partial charge in [-0.05, 0) is 100.0 Å². The molecule has 8 nitrogen and oxygen atoms in total. The van der Waals surface area contributed by atoms with E-state index < -0.39 is 16.4 Å². The Morgan fingerprint density at radius 1 is 1.04 bits per heavy atom. The highest BCUT2D eigenvalue weighted by Crippen LogP contribution is 2.85. The fourth-order valence-corrected chi connectivity index (χ4v) is 14.3. The first-order chi connectivity index (χ1) is 26.3. The standard InChI is InChI=1S/C46H61N3O5/c1-3-9-39-44-23-33-17-18-45(44,46(39)35-14-7-12-32(13-8-19-47)40(35)42(51)54-46)41(53-43(44)52)38(50)22-37(31-10-5-4-6-11-31)49-26-29-21-30(27-49)25-48(24-29)36-16-15-28(2)20-34(33)36/h7,12,14,16,23,28-31,34,37,39,50H,3-6,8-11,13,15,17-22,24-27,47H2,1-2H3/b41-38-/t28-,29-,30+,34-,37-,39-,44-,45+,46+/m0/s1. The Bertz CT molecular complexity index is 1810. The lowest BCUT2D eigenvalue weighted by Gasteiger charge is -2.69. The van der Waals surface area contributed by atoms with Crippen molar-refractivity contribution in [3.05, 3.63) is 69.8 Å². The summed E-state index contributed by atoms with van der Waals surface area (Å²) in [5.41, 5.74) is 8.18. The van der Waals surface area contributed by atoms with Gasteiger partial charge in [0.15, 0.2) is 11.4 Å². The van der Waals surface area contributed by atoms with Crippen LogP contribution in [0.15, 0.2) is 53.1 Å². The number of benzene rings is 1. The van der Waals surface area contributed by atoms with E-state index in [1.54, 1.807) is 0 Å². The van der Waals surface area contributed by atoms with Crippen LogP contribution in [-0.2, 0) is 26.3 Å². The predicted octanol–water partition coefficient (Wildman–Crippen LogP) is 7.93. The summed E-state index contributed by atoms with van der Waals surface area (Å²) < 4.78 is 13.6. The van der Waals surface area contributed by atoms with E-state index in [0.717, 1.165) is 69.4 Å². The summed E-state index contributed by atoms with van der Waals surface area (Å²) in [6.45, 7) is 9.40. The molecule has 5 fully saturated rings. The van der Waals surface area contributed by atoms with Crippen molar-refractivity contribution in [3.8, 4) is 0 Å². The molecule has 1 unspecified atom stereocenters. The van der Waals surface area contributed by atoms with E-state index in [9.17, 15) is 9.90 Å². The maximum absolute atomic E-state index is 15.1. The predicted molar refractivity (Wildman–Crippen MR) is 207 cm³/mol. The Morgan fingerprint density at radius 2 is 1.83 bits per heavy atom. The van der Waals surface area contributed by atoms with Crippen molar-refractivity contribution in [2.75, 3.05) is 32.7 Å². The fraction of sp³-hybridized carbons (Fsp3) is 0.696. The number of hydrogen-bond donors (Lipinski definition) is 2. The Balaban J connectivity index is 1.21. The average molecular weight is 736 g/mol. The second kappa shape index (κ2) is 13.0. The average Bonchev–Trinajstić information content (AvgIpc) is 3.63. The SMILES string of the molecule is CCC[C@@H]1[C@@]2(OC(=O)c3c(CCCN)cccc32)[C@@]23CCC4=C[C@@]12C(=O)O/C3=C(\O)C[C@@H](C1CCCCC1)N1C[C@@H]2C[C@@H](CN(C2)C2=CC[C@H](C)C[C@@H]42)C1. The van der Waals surface area contributed by atoms with Crippen LogP contribution in [0.3, 0.4) is 0 Å².